The first kappa shape index (κ1) is 22.9. The fourth-order valence-corrected chi connectivity index (χ4v) is 4.80. The van der Waals surface area contributed by atoms with E-state index < -0.39 is 11.6 Å². The van der Waals surface area contributed by atoms with Crippen molar-refractivity contribution in [2.45, 2.75) is 43.8 Å². The Hall–Kier alpha value is -2.89. The predicted octanol–water partition coefficient (Wildman–Crippen LogP) is 7.69. The fourth-order valence-electron chi connectivity index (χ4n) is 4.80. The van der Waals surface area contributed by atoms with Gasteiger partial charge in [-0.1, -0.05) is 60.7 Å². The Labute approximate surface area is 198 Å². The second-order valence-corrected chi connectivity index (χ2v) is 9.09. The minimum absolute atomic E-state index is 0.0298. The Morgan fingerprint density at radius 3 is 2.12 bits per heavy atom. The van der Waals surface area contributed by atoms with Crippen LogP contribution in [-0.4, -0.2) is 19.8 Å². The Balaban J connectivity index is 1.28. The topological polar surface area (TPSA) is 21.8 Å². The third-order valence-corrected chi connectivity index (χ3v) is 6.97. The van der Waals surface area contributed by atoms with E-state index in [2.05, 4.69) is 0 Å². The van der Waals surface area contributed by atoms with Gasteiger partial charge in [0.25, 0.3) is 0 Å². The van der Waals surface area contributed by atoms with Crippen molar-refractivity contribution in [2.24, 2.45) is 0 Å². The summed E-state index contributed by atoms with van der Waals surface area (Å²) in [6.07, 6.45) is 6.77. The molecule has 1 saturated heterocycles. The highest BCUT2D eigenvalue weighted by Gasteiger charge is 2.28. The lowest BCUT2D eigenvalue weighted by atomic mass is 9.82. The summed E-state index contributed by atoms with van der Waals surface area (Å²) in [5.41, 5.74) is 3.76. The molecule has 176 valence electrons. The van der Waals surface area contributed by atoms with Gasteiger partial charge in [0.15, 0.2) is 11.6 Å². The molecule has 0 aromatic heterocycles. The molecule has 1 saturated carbocycles. The molecule has 2 fully saturated rings. The number of hydrogen-bond donors (Lipinski definition) is 0. The Morgan fingerprint density at radius 1 is 0.794 bits per heavy atom. The van der Waals surface area contributed by atoms with Gasteiger partial charge in [-0.05, 0) is 59.9 Å². The molecule has 0 radical (unpaired) electrons. The monoisotopic (exact) mass is 464 g/mol. The third kappa shape index (κ3) is 4.82. The smallest absolute Gasteiger partial charge is 0.166 e. The second-order valence-electron chi connectivity index (χ2n) is 9.09. The quantitative estimate of drug-likeness (QED) is 0.276. The number of rotatable bonds is 6. The molecule has 0 bridgehead atoms. The summed E-state index contributed by atoms with van der Waals surface area (Å²) in [5, 5.41) is 0. The number of methoxy groups -OCH3 is 1. The van der Waals surface area contributed by atoms with Crippen LogP contribution in [-0.2, 0) is 9.47 Å². The summed E-state index contributed by atoms with van der Waals surface area (Å²) < 4.78 is 54.5. The van der Waals surface area contributed by atoms with Gasteiger partial charge in [-0.25, -0.2) is 13.2 Å². The Morgan fingerprint density at radius 2 is 1.47 bits per heavy atom. The SMILES string of the molecule is COC1CCC(c2ccc(/C=C/c3ccc(-c4ccc(C5CO5)c(F)c4)cc3)c(F)c2F)CC1. The summed E-state index contributed by atoms with van der Waals surface area (Å²) in [4.78, 5) is 0. The molecule has 3 aromatic carbocycles. The summed E-state index contributed by atoms with van der Waals surface area (Å²) >= 11 is 0. The highest BCUT2D eigenvalue weighted by molar-refractivity contribution is 5.72. The van der Waals surface area contributed by atoms with Crippen LogP contribution in [0.25, 0.3) is 23.3 Å². The third-order valence-electron chi connectivity index (χ3n) is 6.97. The molecule has 1 heterocycles. The van der Waals surface area contributed by atoms with Crippen LogP contribution in [0.2, 0.25) is 0 Å². The van der Waals surface area contributed by atoms with E-state index in [1.165, 1.54) is 6.07 Å². The van der Waals surface area contributed by atoms with Gasteiger partial charge in [0.1, 0.15) is 11.9 Å². The van der Waals surface area contributed by atoms with Crippen molar-refractivity contribution in [3.05, 3.63) is 94.3 Å². The molecule has 34 heavy (non-hydrogen) atoms. The highest BCUT2D eigenvalue weighted by atomic mass is 19.2. The maximum Gasteiger partial charge on any atom is 0.166 e. The van der Waals surface area contributed by atoms with Crippen LogP contribution < -0.4 is 0 Å². The number of epoxide rings is 1. The number of ether oxygens (including phenoxy) is 2. The van der Waals surface area contributed by atoms with Crippen molar-refractivity contribution >= 4 is 12.2 Å². The first-order valence-corrected chi connectivity index (χ1v) is 11.7. The molecular weight excluding hydrogens is 437 g/mol. The predicted molar refractivity (Wildman–Crippen MR) is 128 cm³/mol. The van der Waals surface area contributed by atoms with E-state index >= 15 is 0 Å². The number of benzene rings is 3. The van der Waals surface area contributed by atoms with Crippen molar-refractivity contribution in [1.29, 1.82) is 0 Å². The molecule has 2 aliphatic rings. The van der Waals surface area contributed by atoms with E-state index in [4.69, 9.17) is 9.47 Å². The summed E-state index contributed by atoms with van der Waals surface area (Å²) in [7, 11) is 1.70. The summed E-state index contributed by atoms with van der Waals surface area (Å²) in [5.74, 6) is -1.80. The van der Waals surface area contributed by atoms with Crippen molar-refractivity contribution in [2.75, 3.05) is 13.7 Å². The number of halogens is 3. The lowest BCUT2D eigenvalue weighted by Crippen LogP contribution is -2.20. The zero-order valence-corrected chi connectivity index (χ0v) is 19.1. The van der Waals surface area contributed by atoms with Crippen LogP contribution >= 0.6 is 0 Å². The van der Waals surface area contributed by atoms with Crippen LogP contribution in [0.5, 0.6) is 0 Å². The molecule has 3 aromatic rings. The molecule has 1 aliphatic heterocycles. The minimum Gasteiger partial charge on any atom is -0.381 e. The zero-order chi connectivity index (χ0) is 23.7. The van der Waals surface area contributed by atoms with E-state index in [0.29, 0.717) is 17.7 Å². The van der Waals surface area contributed by atoms with E-state index in [-0.39, 0.29) is 29.5 Å². The van der Waals surface area contributed by atoms with Gasteiger partial charge in [0.2, 0.25) is 0 Å². The number of hydrogen-bond acceptors (Lipinski definition) is 2. The van der Waals surface area contributed by atoms with E-state index in [9.17, 15) is 13.2 Å². The van der Waals surface area contributed by atoms with Crippen LogP contribution in [0, 0.1) is 17.5 Å². The maximum atomic E-state index is 14.8. The normalized spacial score (nSPS) is 22.3. The fraction of sp³-hybridized carbons (Fsp3) is 0.310. The first-order valence-electron chi connectivity index (χ1n) is 11.7. The molecule has 0 amide bonds. The van der Waals surface area contributed by atoms with Crippen molar-refractivity contribution in [1.82, 2.24) is 0 Å². The zero-order valence-electron chi connectivity index (χ0n) is 19.1. The summed E-state index contributed by atoms with van der Waals surface area (Å²) in [6.45, 7) is 0.569. The van der Waals surface area contributed by atoms with E-state index in [1.807, 2.05) is 30.3 Å². The van der Waals surface area contributed by atoms with E-state index in [1.54, 1.807) is 37.5 Å². The van der Waals surface area contributed by atoms with Gasteiger partial charge in [0.05, 0.1) is 12.7 Å². The maximum absolute atomic E-state index is 14.8. The van der Waals surface area contributed by atoms with Gasteiger partial charge >= 0.3 is 0 Å². The molecular formula is C29H27F3O2. The first-order chi connectivity index (χ1) is 16.5. The van der Waals surface area contributed by atoms with Crippen molar-refractivity contribution in [3.63, 3.8) is 0 Å². The average Bonchev–Trinajstić information content (AvgIpc) is 3.71. The van der Waals surface area contributed by atoms with Crippen LogP contribution in [0.3, 0.4) is 0 Å². The minimum atomic E-state index is -0.811. The molecule has 5 rings (SSSR count). The standard InChI is InChI=1S/C29H27F3O2/c1-33-23-12-8-20(9-13-23)24-14-10-21(28(31)29(24)32)7-4-18-2-5-19(6-3-18)22-11-15-25(26(30)16-22)27-17-34-27/h2-7,10-11,14-16,20,23,27H,8-9,12-13,17H2,1H3/b7-4+. The van der Waals surface area contributed by atoms with Crippen molar-refractivity contribution in [3.8, 4) is 11.1 Å². The molecule has 1 aliphatic carbocycles. The average molecular weight is 465 g/mol. The largest absolute Gasteiger partial charge is 0.381 e. The van der Waals surface area contributed by atoms with Gasteiger partial charge in [0, 0.05) is 18.2 Å². The van der Waals surface area contributed by atoms with Gasteiger partial charge in [-0.15, -0.1) is 0 Å². The lowest BCUT2D eigenvalue weighted by molar-refractivity contribution is 0.0655. The molecule has 0 N–H and O–H groups in total. The molecule has 2 nitrogen and oxygen atoms in total. The molecule has 5 heteroatoms. The van der Waals surface area contributed by atoms with Gasteiger partial charge in [-0.2, -0.15) is 0 Å². The van der Waals surface area contributed by atoms with Crippen LogP contribution in [0.4, 0.5) is 13.2 Å². The Bertz CT molecular complexity index is 1190. The van der Waals surface area contributed by atoms with Crippen LogP contribution in [0.1, 0.15) is 60.0 Å². The Kier molecular flexibility index (Phi) is 6.57. The van der Waals surface area contributed by atoms with Crippen molar-refractivity contribution < 1.29 is 22.6 Å². The van der Waals surface area contributed by atoms with Gasteiger partial charge < -0.3 is 9.47 Å². The van der Waals surface area contributed by atoms with Gasteiger partial charge in [-0.3, -0.25) is 0 Å². The second kappa shape index (κ2) is 9.77. The molecule has 0 spiro atoms. The van der Waals surface area contributed by atoms with E-state index in [0.717, 1.165) is 42.4 Å². The van der Waals surface area contributed by atoms with Crippen LogP contribution in [0.15, 0.2) is 54.6 Å². The molecule has 1 unspecified atom stereocenters. The molecule has 1 atom stereocenters. The lowest BCUT2D eigenvalue weighted by Gasteiger charge is -2.28. The highest BCUT2D eigenvalue weighted by Crippen LogP contribution is 2.37. The summed E-state index contributed by atoms with van der Waals surface area (Å²) in [6, 6.07) is 16.0.